The van der Waals surface area contributed by atoms with E-state index in [0.717, 1.165) is 0 Å². The third-order valence-electron chi connectivity index (χ3n) is 2.46. The highest BCUT2D eigenvalue weighted by atomic mass is 79.9. The first-order valence-corrected chi connectivity index (χ1v) is 7.91. The van der Waals surface area contributed by atoms with Gasteiger partial charge in [0.25, 0.3) is 10.0 Å². The van der Waals surface area contributed by atoms with Crippen LogP contribution in [-0.4, -0.2) is 23.2 Å². The SMILES string of the molecule is CCn1cc(NS(=O)(=O)c2cc(Br)cnc2NN)cn1. The number of anilines is 2. The third kappa shape index (κ3) is 3.08. The van der Waals surface area contributed by atoms with Gasteiger partial charge in [-0.15, -0.1) is 0 Å². The van der Waals surface area contributed by atoms with Gasteiger partial charge in [0.05, 0.1) is 11.9 Å². The van der Waals surface area contributed by atoms with E-state index in [-0.39, 0.29) is 10.7 Å². The van der Waals surface area contributed by atoms with Gasteiger partial charge in [0, 0.05) is 23.4 Å². The second-order valence-electron chi connectivity index (χ2n) is 3.83. The average molecular weight is 361 g/mol. The van der Waals surface area contributed by atoms with Crippen molar-refractivity contribution in [2.75, 3.05) is 10.1 Å². The molecule has 20 heavy (non-hydrogen) atoms. The van der Waals surface area contributed by atoms with Crippen LogP contribution < -0.4 is 16.0 Å². The molecule has 108 valence electrons. The van der Waals surface area contributed by atoms with E-state index in [9.17, 15) is 8.42 Å². The fourth-order valence-electron chi connectivity index (χ4n) is 1.53. The molecule has 2 rings (SSSR count). The van der Waals surface area contributed by atoms with Gasteiger partial charge in [0.15, 0.2) is 5.82 Å². The number of rotatable bonds is 5. The zero-order chi connectivity index (χ0) is 14.8. The smallest absolute Gasteiger partial charge is 0.265 e. The monoisotopic (exact) mass is 360 g/mol. The number of hydrogen-bond donors (Lipinski definition) is 3. The summed E-state index contributed by atoms with van der Waals surface area (Å²) < 4.78 is 29.2. The van der Waals surface area contributed by atoms with E-state index in [1.54, 1.807) is 10.9 Å². The molecule has 0 aliphatic heterocycles. The number of pyridine rings is 1. The van der Waals surface area contributed by atoms with Gasteiger partial charge in [-0.1, -0.05) is 0 Å². The number of halogens is 1. The Kier molecular flexibility index (Phi) is 4.26. The van der Waals surface area contributed by atoms with E-state index in [4.69, 9.17) is 5.84 Å². The van der Waals surface area contributed by atoms with Crippen LogP contribution in [0.5, 0.6) is 0 Å². The first-order chi connectivity index (χ1) is 9.46. The molecule has 0 aliphatic carbocycles. The highest BCUT2D eigenvalue weighted by molar-refractivity contribution is 9.10. The fraction of sp³-hybridized carbons (Fsp3) is 0.200. The summed E-state index contributed by atoms with van der Waals surface area (Å²) in [7, 11) is -3.81. The Bertz CT molecular complexity index is 714. The van der Waals surface area contributed by atoms with Crippen LogP contribution in [0.1, 0.15) is 6.92 Å². The minimum Gasteiger partial charge on any atom is -0.307 e. The Morgan fingerprint density at radius 2 is 2.20 bits per heavy atom. The van der Waals surface area contributed by atoms with Crippen molar-refractivity contribution in [1.29, 1.82) is 0 Å². The van der Waals surface area contributed by atoms with Crippen molar-refractivity contribution in [1.82, 2.24) is 14.8 Å². The normalized spacial score (nSPS) is 11.3. The quantitative estimate of drug-likeness (QED) is 0.544. The molecule has 0 aromatic carbocycles. The summed E-state index contributed by atoms with van der Waals surface area (Å²) in [6, 6.07) is 1.41. The molecule has 0 radical (unpaired) electrons. The number of nitrogens with two attached hydrogens (primary N) is 1. The van der Waals surface area contributed by atoms with Crippen LogP contribution in [0.3, 0.4) is 0 Å². The van der Waals surface area contributed by atoms with Gasteiger partial charge in [-0.25, -0.2) is 19.2 Å². The molecule has 0 bridgehead atoms. The van der Waals surface area contributed by atoms with Crippen molar-refractivity contribution in [3.63, 3.8) is 0 Å². The molecule has 0 spiro atoms. The average Bonchev–Trinajstić information content (AvgIpc) is 2.85. The Balaban J connectivity index is 2.37. The van der Waals surface area contributed by atoms with E-state index >= 15 is 0 Å². The van der Waals surface area contributed by atoms with E-state index in [2.05, 4.69) is 36.2 Å². The summed E-state index contributed by atoms with van der Waals surface area (Å²) >= 11 is 3.18. The zero-order valence-corrected chi connectivity index (χ0v) is 12.9. The molecular formula is C10H13BrN6O2S. The summed E-state index contributed by atoms with van der Waals surface area (Å²) in [6.45, 7) is 2.55. The maximum absolute atomic E-state index is 12.3. The number of aromatic nitrogens is 3. The van der Waals surface area contributed by atoms with Crippen LogP contribution in [-0.2, 0) is 16.6 Å². The fourth-order valence-corrected chi connectivity index (χ4v) is 3.19. The molecular weight excluding hydrogens is 348 g/mol. The Morgan fingerprint density at radius 1 is 1.45 bits per heavy atom. The van der Waals surface area contributed by atoms with Gasteiger partial charge in [0.2, 0.25) is 0 Å². The van der Waals surface area contributed by atoms with Gasteiger partial charge in [-0.2, -0.15) is 5.10 Å². The molecule has 4 N–H and O–H groups in total. The number of aryl methyl sites for hydroxylation is 1. The van der Waals surface area contributed by atoms with Gasteiger partial charge < -0.3 is 5.43 Å². The van der Waals surface area contributed by atoms with Gasteiger partial charge in [-0.05, 0) is 28.9 Å². The van der Waals surface area contributed by atoms with Crippen molar-refractivity contribution in [2.45, 2.75) is 18.4 Å². The number of hydrogen-bond acceptors (Lipinski definition) is 6. The molecule has 2 aromatic heterocycles. The molecule has 0 saturated carbocycles. The highest BCUT2D eigenvalue weighted by Gasteiger charge is 2.20. The minimum absolute atomic E-state index is 0.0568. The molecule has 2 heterocycles. The van der Waals surface area contributed by atoms with Crippen LogP contribution in [0, 0.1) is 0 Å². The lowest BCUT2D eigenvalue weighted by atomic mass is 10.5. The second-order valence-corrected chi connectivity index (χ2v) is 6.40. The van der Waals surface area contributed by atoms with Crippen LogP contribution in [0.15, 0.2) is 34.0 Å². The lowest BCUT2D eigenvalue weighted by Crippen LogP contribution is -2.18. The molecule has 0 fully saturated rings. The van der Waals surface area contributed by atoms with Gasteiger partial charge in [0.1, 0.15) is 4.90 Å². The highest BCUT2D eigenvalue weighted by Crippen LogP contribution is 2.24. The topological polar surface area (TPSA) is 115 Å². The number of hydrazine groups is 1. The first-order valence-electron chi connectivity index (χ1n) is 5.63. The standard InChI is InChI=1S/C10H13BrN6O2S/c1-2-17-6-8(5-14-17)16-20(18,19)9-3-7(11)4-13-10(9)15-12/h3-6,16H,2,12H2,1H3,(H,13,15). The molecule has 2 aromatic rings. The zero-order valence-electron chi connectivity index (χ0n) is 10.5. The third-order valence-corrected chi connectivity index (χ3v) is 4.28. The molecule has 0 amide bonds. The van der Waals surface area contributed by atoms with Crippen molar-refractivity contribution in [3.05, 3.63) is 29.1 Å². The van der Waals surface area contributed by atoms with E-state index < -0.39 is 10.0 Å². The number of nitrogen functional groups attached to an aromatic ring is 1. The number of nitrogens with one attached hydrogen (secondary N) is 2. The molecule has 0 unspecified atom stereocenters. The van der Waals surface area contributed by atoms with E-state index in [1.807, 2.05) is 6.92 Å². The molecule has 8 nitrogen and oxygen atoms in total. The van der Waals surface area contributed by atoms with Crippen LogP contribution in [0.4, 0.5) is 11.5 Å². The molecule has 0 aliphatic rings. The molecule has 0 saturated heterocycles. The second kappa shape index (κ2) is 5.77. The molecule has 0 atom stereocenters. The first kappa shape index (κ1) is 14.8. The Morgan fingerprint density at radius 3 is 2.80 bits per heavy atom. The summed E-state index contributed by atoms with van der Waals surface area (Å²) in [4.78, 5) is 3.85. The van der Waals surface area contributed by atoms with Crippen LogP contribution >= 0.6 is 15.9 Å². The van der Waals surface area contributed by atoms with Crippen molar-refractivity contribution in [2.24, 2.45) is 5.84 Å². The largest absolute Gasteiger partial charge is 0.307 e. The number of sulfonamides is 1. The Hall–Kier alpha value is -1.65. The van der Waals surface area contributed by atoms with E-state index in [0.29, 0.717) is 16.7 Å². The van der Waals surface area contributed by atoms with Crippen LogP contribution in [0.2, 0.25) is 0 Å². The summed E-state index contributed by atoms with van der Waals surface area (Å²) in [5, 5.41) is 4.00. The van der Waals surface area contributed by atoms with Gasteiger partial charge in [-0.3, -0.25) is 9.40 Å². The maximum Gasteiger partial charge on any atom is 0.265 e. The summed E-state index contributed by atoms with van der Waals surface area (Å²) in [6.07, 6.45) is 4.48. The van der Waals surface area contributed by atoms with Crippen molar-refractivity contribution >= 4 is 37.5 Å². The van der Waals surface area contributed by atoms with Gasteiger partial charge >= 0.3 is 0 Å². The number of nitrogens with zero attached hydrogens (tertiary/aromatic N) is 3. The van der Waals surface area contributed by atoms with Crippen LogP contribution in [0.25, 0.3) is 0 Å². The maximum atomic E-state index is 12.3. The van der Waals surface area contributed by atoms with Crippen molar-refractivity contribution in [3.8, 4) is 0 Å². The molecule has 10 heteroatoms. The Labute approximate surface area is 124 Å². The lowest BCUT2D eigenvalue weighted by Gasteiger charge is -2.10. The minimum atomic E-state index is -3.81. The predicted octanol–water partition coefficient (Wildman–Crippen LogP) is 1.15. The summed E-state index contributed by atoms with van der Waals surface area (Å²) in [5.41, 5.74) is 2.63. The van der Waals surface area contributed by atoms with Crippen molar-refractivity contribution < 1.29 is 8.42 Å². The van der Waals surface area contributed by atoms with E-state index in [1.165, 1.54) is 18.5 Å². The lowest BCUT2D eigenvalue weighted by molar-refractivity contribution is 0.601. The summed E-state index contributed by atoms with van der Waals surface area (Å²) in [5.74, 6) is 5.34. The predicted molar refractivity (Wildman–Crippen MR) is 78.5 cm³/mol.